The molecular weight excluding hydrogens is 440 g/mol. The van der Waals surface area contributed by atoms with Crippen LogP contribution in [-0.2, 0) is 19.1 Å². The fraction of sp³-hybridized carbons (Fsp3) is 0.815. The number of aliphatic hydroxyl groups is 1. The molecule has 6 heteroatoms. The highest BCUT2D eigenvalue weighted by molar-refractivity contribution is 6.29. The molecule has 4 fully saturated rings. The van der Waals surface area contributed by atoms with Crippen molar-refractivity contribution in [3.8, 4) is 0 Å². The van der Waals surface area contributed by atoms with Crippen molar-refractivity contribution < 1.29 is 24.2 Å². The molecule has 1 unspecified atom stereocenters. The summed E-state index contributed by atoms with van der Waals surface area (Å²) >= 11 is 6.12. The van der Waals surface area contributed by atoms with Gasteiger partial charge in [0.25, 0.3) is 0 Å². The van der Waals surface area contributed by atoms with Gasteiger partial charge in [-0.15, -0.1) is 11.6 Å². The van der Waals surface area contributed by atoms with Crippen molar-refractivity contribution in [1.82, 2.24) is 0 Å². The van der Waals surface area contributed by atoms with E-state index in [1.165, 1.54) is 5.57 Å². The molecule has 0 aromatic rings. The Morgan fingerprint density at radius 1 is 1.12 bits per heavy atom. The summed E-state index contributed by atoms with van der Waals surface area (Å²) in [5.41, 5.74) is -0.864. The summed E-state index contributed by atoms with van der Waals surface area (Å²) in [5, 5.41) is 11.6. The van der Waals surface area contributed by atoms with Crippen molar-refractivity contribution in [3.05, 3.63) is 11.6 Å². The van der Waals surface area contributed by atoms with Gasteiger partial charge in [-0.25, -0.2) is 0 Å². The summed E-state index contributed by atoms with van der Waals surface area (Å²) in [5.74, 6) is -0.0895. The molecule has 5 aliphatic carbocycles. The lowest BCUT2D eigenvalue weighted by Crippen LogP contribution is -2.63. The van der Waals surface area contributed by atoms with Gasteiger partial charge in [-0.3, -0.25) is 14.4 Å². The minimum atomic E-state index is -1.25. The van der Waals surface area contributed by atoms with Crippen molar-refractivity contribution >= 4 is 29.1 Å². The number of ether oxygens (including phenoxy) is 1. The summed E-state index contributed by atoms with van der Waals surface area (Å²) in [6.07, 6.45) is 9.72. The Morgan fingerprint density at radius 2 is 1.85 bits per heavy atom. The van der Waals surface area contributed by atoms with E-state index in [-0.39, 0.29) is 52.5 Å². The van der Waals surface area contributed by atoms with Crippen LogP contribution in [-0.4, -0.2) is 40.2 Å². The molecule has 0 saturated heterocycles. The maximum absolute atomic E-state index is 13.4. The number of esters is 1. The van der Waals surface area contributed by atoms with Crippen LogP contribution in [0, 0.1) is 34.5 Å². The highest BCUT2D eigenvalue weighted by atomic mass is 35.5. The van der Waals surface area contributed by atoms with Gasteiger partial charge in [0.1, 0.15) is 0 Å². The molecule has 5 aliphatic rings. The van der Waals surface area contributed by atoms with Gasteiger partial charge in [0, 0.05) is 11.8 Å². The molecule has 0 spiro atoms. The van der Waals surface area contributed by atoms with Gasteiger partial charge in [-0.05, 0) is 80.6 Å². The highest BCUT2D eigenvalue weighted by Crippen LogP contribution is 2.68. The Kier molecular flexibility index (Phi) is 5.84. The minimum Gasteiger partial charge on any atom is -0.450 e. The molecule has 7 atom stereocenters. The molecule has 0 bridgehead atoms. The highest BCUT2D eigenvalue weighted by Gasteiger charge is 2.70. The number of ketones is 2. The molecule has 0 aromatic carbocycles. The van der Waals surface area contributed by atoms with E-state index in [4.69, 9.17) is 16.3 Å². The third-order valence-electron chi connectivity index (χ3n) is 10.6. The van der Waals surface area contributed by atoms with Gasteiger partial charge in [-0.1, -0.05) is 32.3 Å². The Bertz CT molecular complexity index is 891. The fourth-order valence-corrected chi connectivity index (χ4v) is 9.10. The largest absolute Gasteiger partial charge is 0.450 e. The van der Waals surface area contributed by atoms with Crippen LogP contribution in [0.5, 0.6) is 0 Å². The maximum Gasteiger partial charge on any atom is 0.309 e. The van der Waals surface area contributed by atoms with Gasteiger partial charge in [0.2, 0.25) is 0 Å². The number of Topliss-reactive ketones (excluding diaryl/α,β-unsaturated/α-hetero) is 1. The number of aliphatic hydroxyl groups excluding tert-OH is 1. The quantitative estimate of drug-likeness (QED) is 0.467. The van der Waals surface area contributed by atoms with Gasteiger partial charge >= 0.3 is 5.97 Å². The minimum absolute atomic E-state index is 0.0658. The Hall–Kier alpha value is -1.20. The van der Waals surface area contributed by atoms with Gasteiger partial charge < -0.3 is 9.84 Å². The topological polar surface area (TPSA) is 80.7 Å². The predicted octanol–water partition coefficient (Wildman–Crippen LogP) is 4.77. The van der Waals surface area contributed by atoms with Gasteiger partial charge in [0.15, 0.2) is 17.2 Å². The molecule has 0 aliphatic heterocycles. The smallest absolute Gasteiger partial charge is 0.309 e. The Labute approximate surface area is 201 Å². The van der Waals surface area contributed by atoms with E-state index in [2.05, 4.69) is 13.8 Å². The lowest BCUT2D eigenvalue weighted by Gasteiger charge is -2.60. The summed E-state index contributed by atoms with van der Waals surface area (Å²) in [7, 11) is 0. The van der Waals surface area contributed by atoms with Crippen LogP contribution in [0.15, 0.2) is 11.6 Å². The van der Waals surface area contributed by atoms with E-state index in [9.17, 15) is 19.5 Å². The Morgan fingerprint density at radius 3 is 2.55 bits per heavy atom. The third-order valence-corrected chi connectivity index (χ3v) is 10.8. The van der Waals surface area contributed by atoms with E-state index in [1.54, 1.807) is 0 Å². The van der Waals surface area contributed by atoms with Crippen LogP contribution >= 0.6 is 11.6 Å². The maximum atomic E-state index is 13.4. The first-order valence-electron chi connectivity index (χ1n) is 12.9. The number of carbonyl (C=O) groups is 3. The molecule has 0 aromatic heterocycles. The number of carbonyl (C=O) groups excluding carboxylic acids is 3. The Balaban J connectivity index is 1.50. The first kappa shape index (κ1) is 23.5. The van der Waals surface area contributed by atoms with Crippen molar-refractivity contribution in [1.29, 1.82) is 0 Å². The van der Waals surface area contributed by atoms with Crippen LogP contribution in [0.1, 0.15) is 84.5 Å². The summed E-state index contributed by atoms with van der Waals surface area (Å²) in [6, 6.07) is 0. The monoisotopic (exact) mass is 476 g/mol. The second-order valence-electron chi connectivity index (χ2n) is 11.9. The van der Waals surface area contributed by atoms with Crippen LogP contribution < -0.4 is 0 Å². The molecule has 0 amide bonds. The summed E-state index contributed by atoms with van der Waals surface area (Å²) < 4.78 is 6.24. The number of alkyl halides is 1. The first-order valence-corrected chi connectivity index (χ1v) is 13.4. The van der Waals surface area contributed by atoms with Crippen molar-refractivity contribution in [2.45, 2.75) is 96.2 Å². The van der Waals surface area contributed by atoms with Crippen LogP contribution in [0.3, 0.4) is 0 Å². The lowest BCUT2D eigenvalue weighted by atomic mass is 9.45. The van der Waals surface area contributed by atoms with E-state index in [0.29, 0.717) is 19.3 Å². The van der Waals surface area contributed by atoms with E-state index < -0.39 is 17.1 Å². The van der Waals surface area contributed by atoms with E-state index in [1.807, 2.05) is 6.08 Å². The zero-order chi connectivity index (χ0) is 23.6. The predicted molar refractivity (Wildman–Crippen MR) is 125 cm³/mol. The van der Waals surface area contributed by atoms with Gasteiger partial charge in [-0.2, -0.15) is 0 Å². The molecule has 5 nitrogen and oxygen atoms in total. The number of halogens is 1. The normalized spacial score (nSPS) is 45.1. The zero-order valence-electron chi connectivity index (χ0n) is 19.9. The van der Waals surface area contributed by atoms with Crippen molar-refractivity contribution in [2.24, 2.45) is 34.5 Å². The summed E-state index contributed by atoms with van der Waals surface area (Å²) in [4.78, 5) is 38.7. The average molecular weight is 477 g/mol. The number of fused-ring (bicyclic) bond motifs is 5. The fourth-order valence-electron chi connectivity index (χ4n) is 8.88. The number of hydrogen-bond donors (Lipinski definition) is 1. The molecule has 4 saturated carbocycles. The molecule has 182 valence electrons. The first-order chi connectivity index (χ1) is 15.7. The van der Waals surface area contributed by atoms with Crippen LogP contribution in [0.2, 0.25) is 0 Å². The molecule has 0 radical (unpaired) electrons. The number of hydrogen-bond acceptors (Lipinski definition) is 5. The molecule has 0 heterocycles. The lowest BCUT2D eigenvalue weighted by molar-refractivity contribution is -0.202. The third kappa shape index (κ3) is 3.31. The van der Waals surface area contributed by atoms with E-state index in [0.717, 1.165) is 51.4 Å². The number of allylic oxidation sites excluding steroid dienone is 1. The summed E-state index contributed by atoms with van der Waals surface area (Å²) in [6.45, 7) is 4.29. The number of rotatable bonds is 4. The average Bonchev–Trinajstić information content (AvgIpc) is 3.41. The molecular formula is C27H37ClO5. The van der Waals surface area contributed by atoms with Crippen molar-refractivity contribution in [2.75, 3.05) is 5.88 Å². The molecule has 5 rings (SSSR count). The van der Waals surface area contributed by atoms with Gasteiger partial charge in [0.05, 0.1) is 17.9 Å². The van der Waals surface area contributed by atoms with Crippen LogP contribution in [0.4, 0.5) is 0 Å². The SMILES string of the molecule is C[C@]12CCC(=O)C=C1CC[C@@H]1[C@@H]2C(O)C[C@@]2(C)[C@H]1CC[C@]2(OC(=O)C1CCCC1)C(=O)CCl. The van der Waals surface area contributed by atoms with Crippen molar-refractivity contribution in [3.63, 3.8) is 0 Å². The standard InChI is InChI=1S/C27H37ClO5/c1-25-11-9-18(29)13-17(25)7-8-19-20-10-12-27(22(31)15-28,26(20,2)14-21(30)23(19)25)33-24(32)16-5-3-4-6-16/h13,16,19-21,23,30H,3-12,14-15H2,1-2H3/t19-,20-,21?,23+,25-,26-,27-/m0/s1. The van der Waals surface area contributed by atoms with Crippen LogP contribution in [0.25, 0.3) is 0 Å². The molecule has 1 N–H and O–H groups in total. The second kappa shape index (κ2) is 8.19. The second-order valence-corrected chi connectivity index (χ2v) is 12.2. The zero-order valence-corrected chi connectivity index (χ0v) is 20.7. The molecule has 33 heavy (non-hydrogen) atoms. The van der Waals surface area contributed by atoms with E-state index >= 15 is 0 Å².